The number of hydrogen-bond acceptors (Lipinski definition) is 7. The summed E-state index contributed by atoms with van der Waals surface area (Å²) in [6, 6.07) is 36.1. The zero-order valence-electron chi connectivity index (χ0n) is 25.8. The molecule has 46 heavy (non-hydrogen) atoms. The topological polar surface area (TPSA) is 120 Å². The molecule has 0 bridgehead atoms. The number of nitrogens with one attached hydrogen (secondary N) is 2. The van der Waals surface area contributed by atoms with Crippen LogP contribution in [0.1, 0.15) is 65.9 Å². The van der Waals surface area contributed by atoms with Crippen molar-refractivity contribution < 1.29 is 29.4 Å². The molecule has 1 aliphatic heterocycles. The van der Waals surface area contributed by atoms with E-state index >= 15 is 0 Å². The van der Waals surface area contributed by atoms with E-state index in [2.05, 4.69) is 58.7 Å². The lowest BCUT2D eigenvalue weighted by atomic mass is 9.99. The molecule has 1 heterocycles. The van der Waals surface area contributed by atoms with Gasteiger partial charge in [0.1, 0.15) is 0 Å². The fourth-order valence-electron chi connectivity index (χ4n) is 5.60. The number of rotatable bonds is 14. The second kappa shape index (κ2) is 16.8. The molecule has 0 spiro atoms. The Bertz CT molecular complexity index is 1480. The number of ether oxygens (including phenoxy) is 2. The normalized spacial score (nSPS) is 17.8. The number of carbonyl (C=O) groups is 2. The highest BCUT2D eigenvalue weighted by atomic mass is 16.7. The molecule has 1 fully saturated rings. The molecule has 5 rings (SSSR count). The fraction of sp³-hybridized carbons (Fsp3) is 0.297. The van der Waals surface area contributed by atoms with Crippen LogP contribution in [0.15, 0.2) is 109 Å². The molecule has 3 unspecified atom stereocenters. The Morgan fingerprint density at radius 3 is 1.89 bits per heavy atom. The minimum atomic E-state index is -0.627. The number of benzene rings is 4. The van der Waals surface area contributed by atoms with E-state index in [0.717, 1.165) is 29.8 Å². The van der Waals surface area contributed by atoms with Crippen LogP contribution in [0.2, 0.25) is 0 Å². The molecule has 1 saturated heterocycles. The summed E-state index contributed by atoms with van der Waals surface area (Å²) >= 11 is 0. The van der Waals surface area contributed by atoms with Gasteiger partial charge < -0.3 is 19.9 Å². The average molecular weight is 624 g/mol. The third kappa shape index (κ3) is 9.81. The van der Waals surface area contributed by atoms with E-state index in [1.807, 2.05) is 60.7 Å². The van der Waals surface area contributed by atoms with Crippen molar-refractivity contribution in [2.45, 2.75) is 63.9 Å². The van der Waals surface area contributed by atoms with Gasteiger partial charge in [0.25, 0.3) is 0 Å². The number of amides is 2. The zero-order valence-corrected chi connectivity index (χ0v) is 25.8. The maximum atomic E-state index is 12.3. The molecule has 9 nitrogen and oxygen atoms in total. The van der Waals surface area contributed by atoms with Gasteiger partial charge in [0.2, 0.25) is 11.8 Å². The van der Waals surface area contributed by atoms with Gasteiger partial charge in [-0.25, -0.2) is 5.48 Å². The van der Waals surface area contributed by atoms with Crippen LogP contribution in [-0.4, -0.2) is 39.7 Å². The highest BCUT2D eigenvalue weighted by Crippen LogP contribution is 2.38. The Hall–Kier alpha value is -4.38. The van der Waals surface area contributed by atoms with Crippen LogP contribution >= 0.6 is 0 Å². The number of aliphatic hydroxyl groups is 1. The Morgan fingerprint density at radius 1 is 0.717 bits per heavy atom. The van der Waals surface area contributed by atoms with Gasteiger partial charge in [0.05, 0.1) is 18.8 Å². The summed E-state index contributed by atoms with van der Waals surface area (Å²) in [4.78, 5) is 26.0. The molecule has 0 aliphatic carbocycles. The lowest BCUT2D eigenvalue weighted by Crippen LogP contribution is -2.39. The number of carbonyl (C=O) groups excluding carboxylic acids is 2. The van der Waals surface area contributed by atoms with Gasteiger partial charge in [0.15, 0.2) is 6.29 Å². The summed E-state index contributed by atoms with van der Waals surface area (Å²) in [5, 5.41) is 21.0. The van der Waals surface area contributed by atoms with Crippen molar-refractivity contribution in [3.05, 3.63) is 137 Å². The number of anilines is 1. The van der Waals surface area contributed by atoms with Crippen LogP contribution in [0.5, 0.6) is 0 Å². The molecule has 2 amide bonds. The number of hydrogen-bond donors (Lipinski definition) is 4. The minimum absolute atomic E-state index is 0.0189. The first-order chi connectivity index (χ1) is 22.5. The van der Waals surface area contributed by atoms with Crippen molar-refractivity contribution in [2.24, 2.45) is 0 Å². The van der Waals surface area contributed by atoms with Crippen molar-refractivity contribution in [3.63, 3.8) is 0 Å². The van der Waals surface area contributed by atoms with E-state index in [1.165, 1.54) is 11.1 Å². The maximum absolute atomic E-state index is 12.3. The Labute approximate surface area is 269 Å². The Morgan fingerprint density at radius 2 is 1.30 bits per heavy atom. The standard InChI is InChI=1S/C37H41N3O6/c41-26-29-14-16-30(17-15-29)34-22-33(25-40(23-27-8-3-1-4-9-27)24-28-10-5-2-6-11-28)45-37(46-34)31-18-20-32(21-19-31)38-35(42)12-7-13-36(43)39-44/h1-6,8-11,14-21,33-34,37,41,44H,7,12-13,22-26H2,(H,38,42)(H,39,43). The lowest BCUT2D eigenvalue weighted by Gasteiger charge is -2.38. The molecule has 0 saturated carbocycles. The van der Waals surface area contributed by atoms with Crippen LogP contribution < -0.4 is 10.8 Å². The van der Waals surface area contributed by atoms with Crippen LogP contribution in [0, 0.1) is 0 Å². The number of hydroxylamine groups is 1. The van der Waals surface area contributed by atoms with E-state index in [0.29, 0.717) is 25.1 Å². The largest absolute Gasteiger partial charge is 0.392 e. The first-order valence-corrected chi connectivity index (χ1v) is 15.6. The Kier molecular flexibility index (Phi) is 12.0. The first-order valence-electron chi connectivity index (χ1n) is 15.6. The zero-order chi connectivity index (χ0) is 32.1. The van der Waals surface area contributed by atoms with Gasteiger partial charge in [-0.3, -0.25) is 19.7 Å². The van der Waals surface area contributed by atoms with Crippen LogP contribution in [0.25, 0.3) is 0 Å². The highest BCUT2D eigenvalue weighted by molar-refractivity contribution is 5.91. The van der Waals surface area contributed by atoms with E-state index in [4.69, 9.17) is 14.7 Å². The molecule has 4 aromatic rings. The molecule has 240 valence electrons. The molecule has 0 aromatic heterocycles. The second-order valence-electron chi connectivity index (χ2n) is 11.5. The molecule has 3 atom stereocenters. The van der Waals surface area contributed by atoms with Crippen LogP contribution in [0.4, 0.5) is 5.69 Å². The van der Waals surface area contributed by atoms with Gasteiger partial charge in [-0.05, 0) is 40.8 Å². The van der Waals surface area contributed by atoms with E-state index in [-0.39, 0.29) is 37.6 Å². The van der Waals surface area contributed by atoms with Crippen molar-refractivity contribution in [3.8, 4) is 0 Å². The molecule has 0 radical (unpaired) electrons. The number of nitrogens with zero attached hydrogens (tertiary/aromatic N) is 1. The summed E-state index contributed by atoms with van der Waals surface area (Å²) in [5.41, 5.74) is 7.35. The quantitative estimate of drug-likeness (QED) is 0.0999. The van der Waals surface area contributed by atoms with E-state index in [9.17, 15) is 14.7 Å². The first kappa shape index (κ1) is 33.0. The van der Waals surface area contributed by atoms with Crippen LogP contribution in [0.3, 0.4) is 0 Å². The summed E-state index contributed by atoms with van der Waals surface area (Å²) in [6.45, 7) is 2.22. The smallest absolute Gasteiger partial charge is 0.243 e. The van der Waals surface area contributed by atoms with Crippen molar-refractivity contribution in [1.29, 1.82) is 0 Å². The SMILES string of the molecule is O=C(CCCC(=O)Nc1ccc(C2OC(CN(Cc3ccccc3)Cc3ccccc3)CC(c3ccc(CO)cc3)O2)cc1)NO. The van der Waals surface area contributed by atoms with Crippen molar-refractivity contribution >= 4 is 17.5 Å². The molecule has 9 heteroatoms. The van der Waals surface area contributed by atoms with Crippen molar-refractivity contribution in [2.75, 3.05) is 11.9 Å². The third-order valence-electron chi connectivity index (χ3n) is 7.97. The van der Waals surface area contributed by atoms with Gasteiger partial charge in [-0.1, -0.05) is 97.1 Å². The molecule has 1 aliphatic rings. The number of aliphatic hydroxyl groups excluding tert-OH is 1. The predicted molar refractivity (Wildman–Crippen MR) is 174 cm³/mol. The van der Waals surface area contributed by atoms with Gasteiger partial charge in [-0.15, -0.1) is 0 Å². The van der Waals surface area contributed by atoms with Gasteiger partial charge >= 0.3 is 0 Å². The van der Waals surface area contributed by atoms with Crippen molar-refractivity contribution in [1.82, 2.24) is 10.4 Å². The fourth-order valence-corrected chi connectivity index (χ4v) is 5.60. The summed E-state index contributed by atoms with van der Waals surface area (Å²) in [6.07, 6.45) is 0.235. The van der Waals surface area contributed by atoms with Gasteiger partial charge in [0, 0.05) is 50.1 Å². The second-order valence-corrected chi connectivity index (χ2v) is 11.5. The summed E-state index contributed by atoms with van der Waals surface area (Å²) in [5.74, 6) is -0.735. The van der Waals surface area contributed by atoms with E-state index in [1.54, 1.807) is 5.48 Å². The Balaban J connectivity index is 1.32. The minimum Gasteiger partial charge on any atom is -0.392 e. The molecule has 4 N–H and O–H groups in total. The molecule has 4 aromatic carbocycles. The van der Waals surface area contributed by atoms with Crippen LogP contribution in [-0.2, 0) is 38.8 Å². The third-order valence-corrected chi connectivity index (χ3v) is 7.97. The average Bonchev–Trinajstić information content (AvgIpc) is 3.09. The highest BCUT2D eigenvalue weighted by Gasteiger charge is 2.33. The molecular weight excluding hydrogens is 582 g/mol. The maximum Gasteiger partial charge on any atom is 0.243 e. The lowest BCUT2D eigenvalue weighted by molar-refractivity contribution is -0.253. The molecular formula is C37H41N3O6. The van der Waals surface area contributed by atoms with E-state index < -0.39 is 12.2 Å². The summed E-state index contributed by atoms with van der Waals surface area (Å²) < 4.78 is 13.2. The predicted octanol–water partition coefficient (Wildman–Crippen LogP) is 6.04. The van der Waals surface area contributed by atoms with Gasteiger partial charge in [-0.2, -0.15) is 0 Å². The summed E-state index contributed by atoms with van der Waals surface area (Å²) in [7, 11) is 0. The monoisotopic (exact) mass is 623 g/mol.